The minimum absolute atomic E-state index is 0.356. The van der Waals surface area contributed by atoms with E-state index in [1.807, 2.05) is 6.07 Å². The molecule has 3 nitrogen and oxygen atoms in total. The fourth-order valence-electron chi connectivity index (χ4n) is 2.58. The van der Waals surface area contributed by atoms with Crippen molar-refractivity contribution in [2.45, 2.75) is 25.4 Å². The number of fused-ring (bicyclic) bond motifs is 1. The number of hydrogen-bond donors (Lipinski definition) is 0. The number of hydrogen-bond acceptors (Lipinski definition) is 4. The van der Waals surface area contributed by atoms with Gasteiger partial charge in [-0.1, -0.05) is 6.07 Å². The quantitative estimate of drug-likeness (QED) is 0.837. The normalized spacial score (nSPS) is 19.4. The van der Waals surface area contributed by atoms with Gasteiger partial charge >= 0.3 is 0 Å². The highest BCUT2D eigenvalue weighted by molar-refractivity contribution is 7.99. The van der Waals surface area contributed by atoms with Gasteiger partial charge in [-0.2, -0.15) is 11.8 Å². The summed E-state index contributed by atoms with van der Waals surface area (Å²) >= 11 is 2.08. The van der Waals surface area contributed by atoms with E-state index >= 15 is 0 Å². The average molecular weight is 265 g/mol. The van der Waals surface area contributed by atoms with E-state index in [9.17, 15) is 0 Å². The molecule has 0 N–H and O–H groups in total. The fourth-order valence-corrected chi connectivity index (χ4v) is 3.66. The number of rotatable bonds is 3. The van der Waals surface area contributed by atoms with Crippen LogP contribution in [0.1, 0.15) is 18.4 Å². The van der Waals surface area contributed by atoms with Crippen molar-refractivity contribution in [3.8, 4) is 11.5 Å². The monoisotopic (exact) mass is 265 g/mol. The molecular weight excluding hydrogens is 246 g/mol. The Labute approximate surface area is 112 Å². The molecule has 0 bridgehead atoms. The lowest BCUT2D eigenvalue weighted by Crippen LogP contribution is -2.34. The molecule has 98 valence electrons. The Morgan fingerprint density at radius 3 is 2.83 bits per heavy atom. The Morgan fingerprint density at radius 2 is 2.00 bits per heavy atom. The summed E-state index contributed by atoms with van der Waals surface area (Å²) in [6, 6.07) is 7.00. The van der Waals surface area contributed by atoms with Crippen LogP contribution >= 0.6 is 11.8 Å². The van der Waals surface area contributed by atoms with Crippen LogP contribution in [0.4, 0.5) is 0 Å². The largest absolute Gasteiger partial charge is 0.454 e. The summed E-state index contributed by atoms with van der Waals surface area (Å²) in [5.41, 5.74) is 1.31. The van der Waals surface area contributed by atoms with Crippen molar-refractivity contribution in [2.24, 2.45) is 0 Å². The molecule has 0 radical (unpaired) electrons. The maximum atomic E-state index is 5.42. The summed E-state index contributed by atoms with van der Waals surface area (Å²) in [5.74, 6) is 4.36. The van der Waals surface area contributed by atoms with Crippen LogP contribution in [0.2, 0.25) is 0 Å². The molecule has 2 aliphatic rings. The van der Waals surface area contributed by atoms with Crippen molar-refractivity contribution in [2.75, 3.05) is 25.3 Å². The molecule has 18 heavy (non-hydrogen) atoms. The maximum absolute atomic E-state index is 5.42. The second kappa shape index (κ2) is 5.41. The molecule has 0 aliphatic carbocycles. The fraction of sp³-hybridized carbons (Fsp3) is 0.571. The van der Waals surface area contributed by atoms with Crippen molar-refractivity contribution in [3.63, 3.8) is 0 Å². The van der Waals surface area contributed by atoms with E-state index in [-0.39, 0.29) is 0 Å². The molecule has 0 spiro atoms. The van der Waals surface area contributed by atoms with Gasteiger partial charge in [-0.05, 0) is 49.1 Å². The van der Waals surface area contributed by atoms with Crippen molar-refractivity contribution >= 4 is 11.8 Å². The third-order valence-corrected chi connectivity index (χ3v) is 4.73. The molecular formula is C14H19NO2S. The topological polar surface area (TPSA) is 21.7 Å². The van der Waals surface area contributed by atoms with Crippen LogP contribution in [-0.4, -0.2) is 36.3 Å². The molecule has 0 amide bonds. The Morgan fingerprint density at radius 1 is 1.22 bits per heavy atom. The van der Waals surface area contributed by atoms with Crippen LogP contribution in [0.15, 0.2) is 18.2 Å². The molecule has 4 heteroatoms. The predicted octanol–water partition coefficient (Wildman–Crippen LogP) is 2.74. The summed E-state index contributed by atoms with van der Waals surface area (Å²) in [5, 5.41) is 0. The number of benzene rings is 1. The standard InChI is InChI=1S/C14H19NO2S/c1-15(12-4-6-18-7-5-12)9-11-2-3-13-14(8-11)17-10-16-13/h2-3,8,12H,4-7,9-10H2,1H3. The van der Waals surface area contributed by atoms with Crippen LogP contribution < -0.4 is 9.47 Å². The third-order valence-electron chi connectivity index (χ3n) is 3.68. The molecule has 1 aromatic rings. The zero-order valence-corrected chi connectivity index (χ0v) is 11.5. The van der Waals surface area contributed by atoms with Gasteiger partial charge < -0.3 is 9.47 Å². The molecule has 1 aromatic carbocycles. The summed E-state index contributed by atoms with van der Waals surface area (Å²) in [6.45, 7) is 1.35. The Hall–Kier alpha value is -0.870. The predicted molar refractivity (Wildman–Crippen MR) is 74.4 cm³/mol. The van der Waals surface area contributed by atoms with Gasteiger partial charge in [-0.15, -0.1) is 0 Å². The number of ether oxygens (including phenoxy) is 2. The van der Waals surface area contributed by atoms with Gasteiger partial charge in [0.05, 0.1) is 0 Å². The SMILES string of the molecule is CN(Cc1ccc2c(c1)OCO2)C1CCSCC1. The number of nitrogens with zero attached hydrogens (tertiary/aromatic N) is 1. The first-order valence-electron chi connectivity index (χ1n) is 6.49. The van der Waals surface area contributed by atoms with Crippen LogP contribution in [0.3, 0.4) is 0 Å². The number of thioether (sulfide) groups is 1. The van der Waals surface area contributed by atoms with Gasteiger partial charge in [-0.25, -0.2) is 0 Å². The molecule has 0 saturated carbocycles. The lowest BCUT2D eigenvalue weighted by molar-refractivity contribution is 0.174. The van der Waals surface area contributed by atoms with Gasteiger partial charge in [0.25, 0.3) is 0 Å². The minimum atomic E-state index is 0.356. The van der Waals surface area contributed by atoms with E-state index in [0.29, 0.717) is 6.79 Å². The molecule has 1 fully saturated rings. The van der Waals surface area contributed by atoms with Crippen molar-refractivity contribution in [1.82, 2.24) is 4.90 Å². The second-order valence-electron chi connectivity index (χ2n) is 4.95. The first-order valence-corrected chi connectivity index (χ1v) is 7.65. The first kappa shape index (κ1) is 12.2. The average Bonchev–Trinajstić information content (AvgIpc) is 2.87. The summed E-state index contributed by atoms with van der Waals surface area (Å²) < 4.78 is 10.8. The van der Waals surface area contributed by atoms with Gasteiger partial charge in [0.15, 0.2) is 11.5 Å². The van der Waals surface area contributed by atoms with Crippen LogP contribution in [-0.2, 0) is 6.54 Å². The van der Waals surface area contributed by atoms with Crippen LogP contribution in [0, 0.1) is 0 Å². The summed E-state index contributed by atoms with van der Waals surface area (Å²) in [6.07, 6.45) is 2.62. The van der Waals surface area contributed by atoms with E-state index in [2.05, 4.69) is 35.8 Å². The van der Waals surface area contributed by atoms with Gasteiger partial charge in [-0.3, -0.25) is 4.90 Å². The second-order valence-corrected chi connectivity index (χ2v) is 6.17. The summed E-state index contributed by atoms with van der Waals surface area (Å²) in [7, 11) is 2.23. The molecule has 2 aliphatic heterocycles. The first-order chi connectivity index (χ1) is 8.83. The van der Waals surface area contributed by atoms with Crippen molar-refractivity contribution in [3.05, 3.63) is 23.8 Å². The van der Waals surface area contributed by atoms with E-state index in [1.54, 1.807) is 0 Å². The highest BCUT2D eigenvalue weighted by Gasteiger charge is 2.19. The van der Waals surface area contributed by atoms with Gasteiger partial charge in [0, 0.05) is 12.6 Å². The third kappa shape index (κ3) is 2.59. The van der Waals surface area contributed by atoms with Crippen molar-refractivity contribution < 1.29 is 9.47 Å². The summed E-state index contributed by atoms with van der Waals surface area (Å²) in [4.78, 5) is 2.47. The lowest BCUT2D eigenvalue weighted by atomic mass is 10.1. The molecule has 2 heterocycles. The Kier molecular flexibility index (Phi) is 3.66. The minimum Gasteiger partial charge on any atom is -0.454 e. The Bertz CT molecular complexity index is 418. The highest BCUT2D eigenvalue weighted by atomic mass is 32.2. The van der Waals surface area contributed by atoms with Crippen molar-refractivity contribution in [1.29, 1.82) is 0 Å². The molecule has 3 rings (SSSR count). The molecule has 0 aromatic heterocycles. The van der Waals surface area contributed by atoms with E-state index < -0.39 is 0 Å². The van der Waals surface area contributed by atoms with E-state index in [0.717, 1.165) is 24.1 Å². The lowest BCUT2D eigenvalue weighted by Gasteiger charge is -2.31. The van der Waals surface area contributed by atoms with Crippen LogP contribution in [0.5, 0.6) is 11.5 Å². The molecule has 0 unspecified atom stereocenters. The zero-order chi connectivity index (χ0) is 12.4. The highest BCUT2D eigenvalue weighted by Crippen LogP contribution is 2.33. The van der Waals surface area contributed by atoms with E-state index in [4.69, 9.17) is 9.47 Å². The van der Waals surface area contributed by atoms with Gasteiger partial charge in [0.2, 0.25) is 6.79 Å². The van der Waals surface area contributed by atoms with Gasteiger partial charge in [0.1, 0.15) is 0 Å². The molecule has 0 atom stereocenters. The van der Waals surface area contributed by atoms with Crippen LogP contribution in [0.25, 0.3) is 0 Å². The Balaban J connectivity index is 1.64. The molecule has 1 saturated heterocycles. The smallest absolute Gasteiger partial charge is 0.231 e. The van der Waals surface area contributed by atoms with E-state index in [1.165, 1.54) is 29.9 Å². The zero-order valence-electron chi connectivity index (χ0n) is 10.7. The maximum Gasteiger partial charge on any atom is 0.231 e.